The molecule has 4 nitrogen and oxygen atoms in total. The Morgan fingerprint density at radius 3 is 2.53 bits per heavy atom. The molecule has 5 rings (SSSR count). The van der Waals surface area contributed by atoms with Gasteiger partial charge >= 0.3 is 0 Å². The molecular weight excluding hydrogens is 487 g/mol. The first-order chi connectivity index (χ1) is 14.5. The number of carbonyl (C=O) groups excluding carboxylic acids is 1. The first kappa shape index (κ1) is 19.6. The van der Waals surface area contributed by atoms with E-state index in [2.05, 4.69) is 15.9 Å². The van der Waals surface area contributed by atoms with Crippen molar-refractivity contribution in [1.82, 2.24) is 5.01 Å². The first-order valence-corrected chi connectivity index (χ1v) is 10.9. The van der Waals surface area contributed by atoms with Gasteiger partial charge in [-0.15, -0.1) is 0 Å². The SMILES string of the molecule is O=C(c1ccc(Br)cc1)[C@H]1Oc2c(Cl)cc(Cl)cc2[C@@H]2CC(c3ccccc3)=NN12. The minimum Gasteiger partial charge on any atom is -0.459 e. The van der Waals surface area contributed by atoms with E-state index in [0.717, 1.165) is 21.3 Å². The highest BCUT2D eigenvalue weighted by Crippen LogP contribution is 2.47. The van der Waals surface area contributed by atoms with Crippen molar-refractivity contribution in [3.8, 4) is 5.75 Å². The maximum Gasteiger partial charge on any atom is 0.251 e. The number of ketones is 1. The van der Waals surface area contributed by atoms with Crippen molar-refractivity contribution in [2.75, 3.05) is 0 Å². The Hall–Kier alpha value is -2.34. The summed E-state index contributed by atoms with van der Waals surface area (Å²) in [6.07, 6.45) is -0.287. The summed E-state index contributed by atoms with van der Waals surface area (Å²) in [6, 6.07) is 20.4. The van der Waals surface area contributed by atoms with Crippen LogP contribution in [0.15, 0.2) is 76.3 Å². The number of halogens is 3. The van der Waals surface area contributed by atoms with Crippen LogP contribution in [0.2, 0.25) is 10.0 Å². The van der Waals surface area contributed by atoms with Gasteiger partial charge in [-0.1, -0.05) is 81.6 Å². The van der Waals surface area contributed by atoms with Gasteiger partial charge in [0.15, 0.2) is 0 Å². The quantitative estimate of drug-likeness (QED) is 0.384. The number of ether oxygens (including phenoxy) is 1. The van der Waals surface area contributed by atoms with Crippen LogP contribution in [0.1, 0.15) is 33.9 Å². The molecule has 0 fully saturated rings. The van der Waals surface area contributed by atoms with E-state index in [-0.39, 0.29) is 11.8 Å². The van der Waals surface area contributed by atoms with Gasteiger partial charge in [0.2, 0.25) is 5.78 Å². The Kier molecular flexibility index (Phi) is 5.05. The van der Waals surface area contributed by atoms with Crippen LogP contribution in [0.4, 0.5) is 0 Å². The van der Waals surface area contributed by atoms with Crippen LogP contribution in [0.3, 0.4) is 0 Å². The second-order valence-electron chi connectivity index (χ2n) is 7.16. The second-order valence-corrected chi connectivity index (χ2v) is 8.92. The summed E-state index contributed by atoms with van der Waals surface area (Å²) in [5, 5.41) is 7.44. The lowest BCUT2D eigenvalue weighted by Gasteiger charge is -2.37. The fourth-order valence-electron chi connectivity index (χ4n) is 3.85. The fourth-order valence-corrected chi connectivity index (χ4v) is 4.67. The van der Waals surface area contributed by atoms with Crippen molar-refractivity contribution in [3.05, 3.63) is 97.9 Å². The monoisotopic (exact) mass is 500 g/mol. The summed E-state index contributed by atoms with van der Waals surface area (Å²) < 4.78 is 7.03. The predicted octanol–water partition coefficient (Wildman–Crippen LogP) is 6.51. The number of rotatable bonds is 3. The minimum atomic E-state index is -0.913. The van der Waals surface area contributed by atoms with Crippen LogP contribution in [0.5, 0.6) is 5.75 Å². The topological polar surface area (TPSA) is 41.9 Å². The van der Waals surface area contributed by atoms with Crippen molar-refractivity contribution >= 4 is 50.6 Å². The molecule has 2 aliphatic rings. The molecule has 3 aromatic carbocycles. The number of hydrogen-bond acceptors (Lipinski definition) is 4. The predicted molar refractivity (Wildman–Crippen MR) is 122 cm³/mol. The summed E-state index contributed by atoms with van der Waals surface area (Å²) in [5.74, 6) is 0.310. The molecule has 0 N–H and O–H groups in total. The fraction of sp³-hybridized carbons (Fsp3) is 0.130. The van der Waals surface area contributed by atoms with Crippen molar-refractivity contribution < 1.29 is 9.53 Å². The molecule has 0 bridgehead atoms. The summed E-state index contributed by atoms with van der Waals surface area (Å²) in [6.45, 7) is 0. The number of carbonyl (C=O) groups is 1. The molecule has 2 atom stereocenters. The lowest BCUT2D eigenvalue weighted by atomic mass is 9.95. The molecule has 0 saturated heterocycles. The molecule has 2 heterocycles. The number of hydrogen-bond donors (Lipinski definition) is 0. The Bertz CT molecular complexity index is 1170. The van der Waals surface area contributed by atoms with Gasteiger partial charge < -0.3 is 4.74 Å². The van der Waals surface area contributed by atoms with Crippen LogP contribution >= 0.6 is 39.1 Å². The van der Waals surface area contributed by atoms with Crippen LogP contribution in [-0.2, 0) is 0 Å². The zero-order valence-electron chi connectivity index (χ0n) is 15.6. The molecule has 0 unspecified atom stereocenters. The van der Waals surface area contributed by atoms with Crippen molar-refractivity contribution in [1.29, 1.82) is 0 Å². The van der Waals surface area contributed by atoms with E-state index in [0.29, 0.717) is 27.8 Å². The third kappa shape index (κ3) is 3.41. The molecule has 150 valence electrons. The Labute approximate surface area is 192 Å². The summed E-state index contributed by atoms with van der Waals surface area (Å²) in [7, 11) is 0. The van der Waals surface area contributed by atoms with Crippen LogP contribution in [0.25, 0.3) is 0 Å². The number of hydrazone groups is 1. The lowest BCUT2D eigenvalue weighted by Crippen LogP contribution is -2.46. The molecule has 30 heavy (non-hydrogen) atoms. The molecule has 3 aromatic rings. The minimum absolute atomic E-state index is 0.178. The highest BCUT2D eigenvalue weighted by atomic mass is 79.9. The van der Waals surface area contributed by atoms with E-state index >= 15 is 0 Å². The van der Waals surface area contributed by atoms with Crippen LogP contribution < -0.4 is 4.74 Å². The second kappa shape index (κ2) is 7.73. The molecule has 0 aliphatic carbocycles. The zero-order chi connectivity index (χ0) is 20.8. The van der Waals surface area contributed by atoms with E-state index in [1.54, 1.807) is 23.2 Å². The average molecular weight is 502 g/mol. The maximum absolute atomic E-state index is 13.4. The Balaban J connectivity index is 1.60. The molecule has 2 aliphatic heterocycles. The number of benzene rings is 3. The van der Waals surface area contributed by atoms with E-state index < -0.39 is 6.23 Å². The van der Waals surface area contributed by atoms with Gasteiger partial charge in [0.1, 0.15) is 5.75 Å². The van der Waals surface area contributed by atoms with E-state index in [1.165, 1.54) is 0 Å². The smallest absolute Gasteiger partial charge is 0.251 e. The molecular formula is C23H15BrCl2N2O2. The van der Waals surface area contributed by atoms with Gasteiger partial charge in [0.05, 0.1) is 16.8 Å². The Morgan fingerprint density at radius 1 is 1.07 bits per heavy atom. The third-order valence-corrected chi connectivity index (χ3v) is 6.30. The molecule has 7 heteroatoms. The number of fused-ring (bicyclic) bond motifs is 3. The van der Waals surface area contributed by atoms with E-state index in [9.17, 15) is 4.79 Å². The van der Waals surface area contributed by atoms with E-state index in [4.69, 9.17) is 33.0 Å². The zero-order valence-corrected chi connectivity index (χ0v) is 18.7. The summed E-state index contributed by atoms with van der Waals surface area (Å²) >= 11 is 16.1. The standard InChI is InChI=1S/C23H15BrCl2N2O2/c24-15-8-6-14(7-9-15)21(29)23-28-20(12-19(27-28)13-4-2-1-3-5-13)17-10-16(25)11-18(26)22(17)30-23/h1-11,20,23H,12H2/t20-,23+/m0/s1. The molecule has 0 spiro atoms. The lowest BCUT2D eigenvalue weighted by molar-refractivity contribution is -0.00448. The molecule has 0 amide bonds. The average Bonchev–Trinajstić information content (AvgIpc) is 3.20. The van der Waals surface area contributed by atoms with Crippen molar-refractivity contribution in [3.63, 3.8) is 0 Å². The van der Waals surface area contributed by atoms with Gasteiger partial charge in [-0.25, -0.2) is 5.01 Å². The van der Waals surface area contributed by atoms with Crippen molar-refractivity contribution in [2.24, 2.45) is 5.10 Å². The largest absolute Gasteiger partial charge is 0.459 e. The normalized spacial score (nSPS) is 19.6. The van der Waals surface area contributed by atoms with Crippen LogP contribution in [-0.4, -0.2) is 22.7 Å². The molecule has 0 aromatic heterocycles. The van der Waals surface area contributed by atoms with Gasteiger partial charge in [-0.3, -0.25) is 4.79 Å². The summed E-state index contributed by atoms with van der Waals surface area (Å²) in [4.78, 5) is 13.4. The number of nitrogens with zero attached hydrogens (tertiary/aromatic N) is 2. The summed E-state index contributed by atoms with van der Waals surface area (Å²) in [5.41, 5.74) is 3.28. The van der Waals surface area contributed by atoms with E-state index in [1.807, 2.05) is 48.5 Å². The van der Waals surface area contributed by atoms with Crippen molar-refractivity contribution in [2.45, 2.75) is 18.7 Å². The van der Waals surface area contributed by atoms with Crippen LogP contribution in [0, 0.1) is 0 Å². The van der Waals surface area contributed by atoms with Gasteiger partial charge in [-0.2, -0.15) is 5.10 Å². The van der Waals surface area contributed by atoms with Gasteiger partial charge in [-0.05, 0) is 29.8 Å². The number of Topliss-reactive ketones (excluding diaryl/α,β-unsaturated/α-hetero) is 1. The van der Waals surface area contributed by atoms with Gasteiger partial charge in [0.25, 0.3) is 6.23 Å². The van der Waals surface area contributed by atoms with Gasteiger partial charge in [0, 0.05) is 27.0 Å². The Morgan fingerprint density at radius 2 is 1.80 bits per heavy atom. The first-order valence-electron chi connectivity index (χ1n) is 9.38. The molecule has 0 saturated carbocycles. The highest BCUT2D eigenvalue weighted by molar-refractivity contribution is 9.10. The third-order valence-electron chi connectivity index (χ3n) is 5.27. The highest BCUT2D eigenvalue weighted by Gasteiger charge is 2.44. The maximum atomic E-state index is 13.4. The molecule has 0 radical (unpaired) electrons.